The second-order valence-corrected chi connectivity index (χ2v) is 3.31. The molecule has 70 valence electrons. The van der Waals surface area contributed by atoms with Crippen LogP contribution in [-0.4, -0.2) is 13.2 Å². The summed E-state index contributed by atoms with van der Waals surface area (Å²) >= 11 is 0. The molecule has 1 aromatic rings. The molecule has 3 heteroatoms. The zero-order valence-electron chi connectivity index (χ0n) is 7.49. The quantitative estimate of drug-likeness (QED) is 0.696. The van der Waals surface area contributed by atoms with Crippen LogP contribution in [0.25, 0.3) is 0 Å². The minimum Gasteiger partial charge on any atom is -0.493 e. The zero-order chi connectivity index (χ0) is 9.26. The molecule has 1 heterocycles. The Hall–Kier alpha value is -1.06. The number of fused-ring (bicyclic) bond motifs is 1. The van der Waals surface area contributed by atoms with E-state index in [1.165, 1.54) is 5.56 Å². The van der Waals surface area contributed by atoms with Crippen LogP contribution in [0.1, 0.15) is 17.2 Å². The number of hydrogen-bond acceptors (Lipinski definition) is 3. The molecular weight excluding hydrogens is 164 g/mol. The van der Waals surface area contributed by atoms with Crippen LogP contribution in [0.2, 0.25) is 0 Å². The van der Waals surface area contributed by atoms with E-state index in [0.717, 1.165) is 24.3 Å². The van der Waals surface area contributed by atoms with Crippen LogP contribution in [0.15, 0.2) is 18.2 Å². The fourth-order valence-electron chi connectivity index (χ4n) is 1.57. The van der Waals surface area contributed by atoms with Gasteiger partial charge in [-0.15, -0.1) is 0 Å². The van der Waals surface area contributed by atoms with E-state index in [0.29, 0.717) is 6.54 Å². The summed E-state index contributed by atoms with van der Waals surface area (Å²) in [7, 11) is 0. The van der Waals surface area contributed by atoms with Gasteiger partial charge in [0.15, 0.2) is 0 Å². The maximum Gasteiger partial charge on any atom is 0.122 e. The molecule has 0 spiro atoms. The third-order valence-electron chi connectivity index (χ3n) is 2.40. The van der Waals surface area contributed by atoms with Crippen molar-refractivity contribution in [2.24, 2.45) is 11.5 Å². The Labute approximate surface area is 77.7 Å². The summed E-state index contributed by atoms with van der Waals surface area (Å²) in [6.07, 6.45) is 0.987. The number of nitrogens with two attached hydrogens (primary N) is 2. The Morgan fingerprint density at radius 2 is 2.31 bits per heavy atom. The molecule has 0 bridgehead atoms. The SMILES string of the molecule is NC[C@H](N)c1ccc2c(c1)CCO2. The Balaban J connectivity index is 2.30. The number of rotatable bonds is 2. The average Bonchev–Trinajstić information content (AvgIpc) is 2.63. The summed E-state index contributed by atoms with van der Waals surface area (Å²) in [6, 6.07) is 6.01. The highest BCUT2D eigenvalue weighted by Gasteiger charge is 2.13. The summed E-state index contributed by atoms with van der Waals surface area (Å²) < 4.78 is 5.39. The molecule has 0 amide bonds. The molecule has 4 N–H and O–H groups in total. The van der Waals surface area contributed by atoms with Gasteiger partial charge >= 0.3 is 0 Å². The molecule has 1 aromatic carbocycles. The Morgan fingerprint density at radius 3 is 3.08 bits per heavy atom. The van der Waals surface area contributed by atoms with E-state index in [9.17, 15) is 0 Å². The van der Waals surface area contributed by atoms with Crippen molar-refractivity contribution in [3.63, 3.8) is 0 Å². The van der Waals surface area contributed by atoms with Crippen LogP contribution in [0.4, 0.5) is 0 Å². The summed E-state index contributed by atoms with van der Waals surface area (Å²) in [4.78, 5) is 0. The Morgan fingerprint density at radius 1 is 1.46 bits per heavy atom. The van der Waals surface area contributed by atoms with Gasteiger partial charge in [-0.3, -0.25) is 0 Å². The summed E-state index contributed by atoms with van der Waals surface area (Å²) in [5.41, 5.74) is 13.7. The third kappa shape index (κ3) is 1.53. The van der Waals surface area contributed by atoms with Gasteiger partial charge in [-0.1, -0.05) is 12.1 Å². The van der Waals surface area contributed by atoms with Gasteiger partial charge < -0.3 is 16.2 Å². The second kappa shape index (κ2) is 3.36. The summed E-state index contributed by atoms with van der Waals surface area (Å²) in [6.45, 7) is 1.27. The molecule has 1 aliphatic heterocycles. The first-order valence-electron chi connectivity index (χ1n) is 4.52. The topological polar surface area (TPSA) is 61.3 Å². The number of ether oxygens (including phenoxy) is 1. The Kier molecular flexibility index (Phi) is 2.20. The summed E-state index contributed by atoms with van der Waals surface area (Å²) in [5, 5.41) is 0. The molecular formula is C10H14N2O. The molecule has 2 rings (SSSR count). The monoisotopic (exact) mass is 178 g/mol. The van der Waals surface area contributed by atoms with E-state index in [1.54, 1.807) is 0 Å². The molecule has 0 fully saturated rings. The summed E-state index contributed by atoms with van der Waals surface area (Å²) in [5.74, 6) is 0.993. The fraction of sp³-hybridized carbons (Fsp3) is 0.400. The van der Waals surface area contributed by atoms with E-state index >= 15 is 0 Å². The molecule has 0 saturated carbocycles. The highest BCUT2D eigenvalue weighted by molar-refractivity contribution is 5.40. The van der Waals surface area contributed by atoms with Gasteiger partial charge in [-0.25, -0.2) is 0 Å². The molecule has 0 unspecified atom stereocenters. The molecule has 3 nitrogen and oxygen atoms in total. The lowest BCUT2D eigenvalue weighted by atomic mass is 10.0. The molecule has 0 saturated heterocycles. The van der Waals surface area contributed by atoms with Crippen molar-refractivity contribution >= 4 is 0 Å². The normalized spacial score (nSPS) is 16.5. The van der Waals surface area contributed by atoms with Gasteiger partial charge in [0.05, 0.1) is 6.61 Å². The standard InChI is InChI=1S/C10H14N2O/c11-6-9(12)7-1-2-10-8(5-7)3-4-13-10/h1-2,5,9H,3-4,6,11-12H2/t9-/m0/s1. The van der Waals surface area contributed by atoms with Crippen molar-refractivity contribution < 1.29 is 4.74 Å². The van der Waals surface area contributed by atoms with E-state index in [1.807, 2.05) is 12.1 Å². The average molecular weight is 178 g/mol. The number of hydrogen-bond donors (Lipinski definition) is 2. The molecule has 1 atom stereocenters. The Bertz CT molecular complexity index is 312. The smallest absolute Gasteiger partial charge is 0.122 e. The molecule has 0 radical (unpaired) electrons. The lowest BCUT2D eigenvalue weighted by Gasteiger charge is -2.09. The van der Waals surface area contributed by atoms with Gasteiger partial charge in [0.2, 0.25) is 0 Å². The van der Waals surface area contributed by atoms with Crippen molar-refractivity contribution in [1.29, 1.82) is 0 Å². The van der Waals surface area contributed by atoms with Crippen LogP contribution in [-0.2, 0) is 6.42 Å². The minimum absolute atomic E-state index is 0.0501. The zero-order valence-corrected chi connectivity index (χ0v) is 7.49. The van der Waals surface area contributed by atoms with Crippen LogP contribution in [0.5, 0.6) is 5.75 Å². The van der Waals surface area contributed by atoms with Gasteiger partial charge in [0.1, 0.15) is 5.75 Å². The van der Waals surface area contributed by atoms with Crippen molar-refractivity contribution in [3.05, 3.63) is 29.3 Å². The van der Waals surface area contributed by atoms with Gasteiger partial charge in [0.25, 0.3) is 0 Å². The first-order valence-corrected chi connectivity index (χ1v) is 4.52. The minimum atomic E-state index is -0.0501. The highest BCUT2D eigenvalue weighted by atomic mass is 16.5. The highest BCUT2D eigenvalue weighted by Crippen LogP contribution is 2.27. The van der Waals surface area contributed by atoms with E-state index in [4.69, 9.17) is 16.2 Å². The van der Waals surface area contributed by atoms with Crippen LogP contribution in [0, 0.1) is 0 Å². The van der Waals surface area contributed by atoms with Crippen molar-refractivity contribution in [3.8, 4) is 5.75 Å². The first kappa shape index (κ1) is 8.53. The third-order valence-corrected chi connectivity index (χ3v) is 2.40. The predicted molar refractivity (Wildman–Crippen MR) is 51.6 cm³/mol. The van der Waals surface area contributed by atoms with Crippen LogP contribution in [0.3, 0.4) is 0 Å². The molecule has 0 aromatic heterocycles. The molecule has 1 aliphatic rings. The fourth-order valence-corrected chi connectivity index (χ4v) is 1.57. The van der Waals surface area contributed by atoms with Crippen LogP contribution >= 0.6 is 0 Å². The largest absolute Gasteiger partial charge is 0.493 e. The predicted octanol–water partition coefficient (Wildman–Crippen LogP) is 0.580. The van der Waals surface area contributed by atoms with E-state index in [2.05, 4.69) is 6.07 Å². The van der Waals surface area contributed by atoms with Crippen molar-refractivity contribution in [1.82, 2.24) is 0 Å². The van der Waals surface area contributed by atoms with Gasteiger partial charge in [0, 0.05) is 19.0 Å². The molecule has 13 heavy (non-hydrogen) atoms. The first-order chi connectivity index (χ1) is 6.31. The molecule has 0 aliphatic carbocycles. The maximum atomic E-state index is 5.82. The van der Waals surface area contributed by atoms with Crippen molar-refractivity contribution in [2.45, 2.75) is 12.5 Å². The van der Waals surface area contributed by atoms with Gasteiger partial charge in [-0.05, 0) is 17.2 Å². The van der Waals surface area contributed by atoms with Gasteiger partial charge in [-0.2, -0.15) is 0 Å². The lowest BCUT2D eigenvalue weighted by molar-refractivity contribution is 0.357. The van der Waals surface area contributed by atoms with Crippen LogP contribution < -0.4 is 16.2 Å². The lowest BCUT2D eigenvalue weighted by Crippen LogP contribution is -2.20. The van der Waals surface area contributed by atoms with Crippen molar-refractivity contribution in [2.75, 3.05) is 13.2 Å². The second-order valence-electron chi connectivity index (χ2n) is 3.31. The number of benzene rings is 1. The maximum absolute atomic E-state index is 5.82. The van der Waals surface area contributed by atoms with E-state index in [-0.39, 0.29) is 6.04 Å². The van der Waals surface area contributed by atoms with E-state index < -0.39 is 0 Å².